The Bertz CT molecular complexity index is 693. The summed E-state index contributed by atoms with van der Waals surface area (Å²) in [5, 5.41) is 16.9. The Morgan fingerprint density at radius 1 is 1.43 bits per heavy atom. The number of anilines is 1. The summed E-state index contributed by atoms with van der Waals surface area (Å²) in [4.78, 5) is 11.8. The SMILES string of the molecule is CCCn1nnnc1NC(=S)NC(=O)COc1ccccc1Cl. The fourth-order valence-electron chi connectivity index (χ4n) is 1.66. The number of thiocarbonyl (C=S) groups is 1. The van der Waals surface area contributed by atoms with E-state index in [0.29, 0.717) is 23.3 Å². The van der Waals surface area contributed by atoms with Crippen LogP contribution in [0.15, 0.2) is 24.3 Å². The van der Waals surface area contributed by atoms with Gasteiger partial charge in [0, 0.05) is 6.54 Å². The van der Waals surface area contributed by atoms with Crippen molar-refractivity contribution in [3.8, 4) is 5.75 Å². The van der Waals surface area contributed by atoms with E-state index in [0.717, 1.165) is 6.42 Å². The van der Waals surface area contributed by atoms with E-state index in [9.17, 15) is 4.79 Å². The monoisotopic (exact) mass is 354 g/mol. The molecule has 0 aliphatic heterocycles. The molecule has 1 heterocycles. The fraction of sp³-hybridized carbons (Fsp3) is 0.308. The van der Waals surface area contributed by atoms with E-state index < -0.39 is 5.91 Å². The van der Waals surface area contributed by atoms with Gasteiger partial charge in [0.2, 0.25) is 5.95 Å². The highest BCUT2D eigenvalue weighted by Crippen LogP contribution is 2.22. The molecule has 0 aliphatic carbocycles. The summed E-state index contributed by atoms with van der Waals surface area (Å²) < 4.78 is 6.87. The number of hydrogen-bond acceptors (Lipinski definition) is 6. The number of carbonyl (C=O) groups is 1. The van der Waals surface area contributed by atoms with Gasteiger partial charge in [-0.25, -0.2) is 4.68 Å². The van der Waals surface area contributed by atoms with Crippen LogP contribution in [0.2, 0.25) is 5.02 Å². The van der Waals surface area contributed by atoms with Crippen LogP contribution >= 0.6 is 23.8 Å². The predicted molar refractivity (Wildman–Crippen MR) is 89.4 cm³/mol. The topological polar surface area (TPSA) is 94.0 Å². The van der Waals surface area contributed by atoms with Gasteiger partial charge in [-0.2, -0.15) is 0 Å². The molecule has 0 atom stereocenters. The first kappa shape index (κ1) is 17.1. The highest BCUT2D eigenvalue weighted by molar-refractivity contribution is 7.80. The number of halogens is 1. The van der Waals surface area contributed by atoms with Gasteiger partial charge in [0.15, 0.2) is 11.7 Å². The maximum Gasteiger partial charge on any atom is 0.264 e. The first-order valence-electron chi connectivity index (χ1n) is 6.84. The molecule has 0 unspecified atom stereocenters. The number of aryl methyl sites for hydroxylation is 1. The minimum Gasteiger partial charge on any atom is -0.482 e. The number of ether oxygens (including phenoxy) is 1. The maximum absolute atomic E-state index is 11.8. The summed E-state index contributed by atoms with van der Waals surface area (Å²) in [7, 11) is 0. The predicted octanol–water partition coefficient (Wildman–Crippen LogP) is 1.63. The van der Waals surface area contributed by atoms with Gasteiger partial charge in [-0.05, 0) is 41.2 Å². The number of aromatic nitrogens is 4. The summed E-state index contributed by atoms with van der Waals surface area (Å²) >= 11 is 11.0. The van der Waals surface area contributed by atoms with Gasteiger partial charge in [0.1, 0.15) is 5.75 Å². The van der Waals surface area contributed by atoms with Crippen LogP contribution in [-0.4, -0.2) is 37.8 Å². The molecule has 0 radical (unpaired) electrons. The molecule has 0 saturated carbocycles. The molecule has 0 saturated heterocycles. The quantitative estimate of drug-likeness (QED) is 0.761. The molecule has 23 heavy (non-hydrogen) atoms. The van der Waals surface area contributed by atoms with Gasteiger partial charge in [-0.1, -0.05) is 35.8 Å². The smallest absolute Gasteiger partial charge is 0.264 e. The molecular formula is C13H15ClN6O2S. The van der Waals surface area contributed by atoms with E-state index in [4.69, 9.17) is 28.6 Å². The minimum absolute atomic E-state index is 0.0879. The van der Waals surface area contributed by atoms with Crippen molar-refractivity contribution in [1.82, 2.24) is 25.5 Å². The molecule has 0 bridgehead atoms. The van der Waals surface area contributed by atoms with Gasteiger partial charge >= 0.3 is 0 Å². The number of para-hydroxylation sites is 1. The van der Waals surface area contributed by atoms with Crippen LogP contribution in [0.4, 0.5) is 5.95 Å². The second-order valence-corrected chi connectivity index (χ2v) is 5.26. The largest absolute Gasteiger partial charge is 0.482 e. The Hall–Kier alpha value is -2.26. The first-order valence-corrected chi connectivity index (χ1v) is 7.63. The molecule has 122 valence electrons. The lowest BCUT2D eigenvalue weighted by molar-refractivity contribution is -0.121. The van der Waals surface area contributed by atoms with Crippen molar-refractivity contribution in [3.05, 3.63) is 29.3 Å². The standard InChI is InChI=1S/C13H15ClN6O2S/c1-2-7-20-12(17-18-19-20)16-13(23)15-11(21)8-22-10-6-4-3-5-9(10)14/h3-6H,2,7-8H2,1H3,(H2,15,16,17,19,21,23). The van der Waals surface area contributed by atoms with Crippen molar-refractivity contribution in [3.63, 3.8) is 0 Å². The van der Waals surface area contributed by atoms with Crippen LogP contribution in [0, 0.1) is 0 Å². The van der Waals surface area contributed by atoms with Gasteiger partial charge in [0.25, 0.3) is 5.91 Å². The Kier molecular flexibility index (Phi) is 6.24. The highest BCUT2D eigenvalue weighted by atomic mass is 35.5. The van der Waals surface area contributed by atoms with Crippen molar-refractivity contribution >= 4 is 40.8 Å². The van der Waals surface area contributed by atoms with Gasteiger partial charge in [0.05, 0.1) is 5.02 Å². The maximum atomic E-state index is 11.8. The normalized spacial score (nSPS) is 10.2. The first-order chi connectivity index (χ1) is 11.1. The Labute approximate surface area is 143 Å². The number of amides is 1. The number of hydrogen-bond donors (Lipinski definition) is 2. The van der Waals surface area contributed by atoms with E-state index in [-0.39, 0.29) is 11.7 Å². The molecule has 1 amide bonds. The average molecular weight is 355 g/mol. The summed E-state index contributed by atoms with van der Waals surface area (Å²) in [6, 6.07) is 6.88. The summed E-state index contributed by atoms with van der Waals surface area (Å²) in [5.74, 6) is 0.371. The van der Waals surface area contributed by atoms with Crippen LogP contribution in [0.5, 0.6) is 5.75 Å². The van der Waals surface area contributed by atoms with E-state index in [1.54, 1.807) is 28.9 Å². The van der Waals surface area contributed by atoms with Gasteiger partial charge in [-0.15, -0.1) is 0 Å². The van der Waals surface area contributed by atoms with E-state index in [1.165, 1.54) is 0 Å². The highest BCUT2D eigenvalue weighted by Gasteiger charge is 2.10. The van der Waals surface area contributed by atoms with Crippen molar-refractivity contribution in [2.24, 2.45) is 0 Å². The number of nitrogens with one attached hydrogen (secondary N) is 2. The molecule has 2 aromatic rings. The third-order valence-electron chi connectivity index (χ3n) is 2.64. The molecule has 2 N–H and O–H groups in total. The molecular weight excluding hydrogens is 340 g/mol. The second-order valence-electron chi connectivity index (χ2n) is 4.45. The van der Waals surface area contributed by atoms with Crippen LogP contribution in [0.3, 0.4) is 0 Å². The molecule has 8 nitrogen and oxygen atoms in total. The lowest BCUT2D eigenvalue weighted by Gasteiger charge is -2.10. The Morgan fingerprint density at radius 3 is 2.96 bits per heavy atom. The molecule has 10 heteroatoms. The summed E-state index contributed by atoms with van der Waals surface area (Å²) in [6.07, 6.45) is 0.866. The lowest BCUT2D eigenvalue weighted by atomic mass is 10.3. The zero-order chi connectivity index (χ0) is 16.7. The zero-order valence-corrected chi connectivity index (χ0v) is 13.9. The van der Waals surface area contributed by atoms with Crippen LogP contribution in [0.25, 0.3) is 0 Å². The average Bonchev–Trinajstić information content (AvgIpc) is 2.94. The van der Waals surface area contributed by atoms with Crippen LogP contribution in [0.1, 0.15) is 13.3 Å². The lowest BCUT2D eigenvalue weighted by Crippen LogP contribution is -2.38. The van der Waals surface area contributed by atoms with E-state index in [1.807, 2.05) is 6.92 Å². The van der Waals surface area contributed by atoms with E-state index >= 15 is 0 Å². The van der Waals surface area contributed by atoms with Crippen molar-refractivity contribution < 1.29 is 9.53 Å². The summed E-state index contributed by atoms with van der Waals surface area (Å²) in [6.45, 7) is 2.42. The van der Waals surface area contributed by atoms with Crippen molar-refractivity contribution in [1.29, 1.82) is 0 Å². The number of nitrogens with zero attached hydrogens (tertiary/aromatic N) is 4. The number of benzene rings is 1. The van der Waals surface area contributed by atoms with Crippen LogP contribution in [-0.2, 0) is 11.3 Å². The van der Waals surface area contributed by atoms with Crippen molar-refractivity contribution in [2.45, 2.75) is 19.9 Å². The van der Waals surface area contributed by atoms with Gasteiger partial charge < -0.3 is 4.74 Å². The summed E-state index contributed by atoms with van der Waals surface area (Å²) in [5.41, 5.74) is 0. The number of tetrazole rings is 1. The number of carbonyl (C=O) groups excluding carboxylic acids is 1. The molecule has 1 aromatic heterocycles. The molecule has 0 fully saturated rings. The Morgan fingerprint density at radius 2 is 2.22 bits per heavy atom. The molecule has 0 spiro atoms. The van der Waals surface area contributed by atoms with E-state index in [2.05, 4.69) is 26.2 Å². The van der Waals surface area contributed by atoms with Crippen molar-refractivity contribution in [2.75, 3.05) is 11.9 Å². The van der Waals surface area contributed by atoms with Crippen LogP contribution < -0.4 is 15.4 Å². The molecule has 1 aromatic carbocycles. The van der Waals surface area contributed by atoms with Gasteiger partial charge in [-0.3, -0.25) is 15.4 Å². The zero-order valence-electron chi connectivity index (χ0n) is 12.3. The fourth-order valence-corrected chi connectivity index (χ4v) is 2.05. The third kappa shape index (κ3) is 5.15. The molecule has 2 rings (SSSR count). The molecule has 0 aliphatic rings. The third-order valence-corrected chi connectivity index (χ3v) is 3.16. The Balaban J connectivity index is 1.82. The number of rotatable bonds is 6. The minimum atomic E-state index is -0.420. The second kappa shape index (κ2) is 8.39.